The molecule has 2 aromatic carbocycles. The van der Waals surface area contributed by atoms with Gasteiger partial charge >= 0.3 is 0 Å². The van der Waals surface area contributed by atoms with Crippen LogP contribution in [0.3, 0.4) is 0 Å². The van der Waals surface area contributed by atoms with E-state index in [1.807, 2.05) is 0 Å². The predicted molar refractivity (Wildman–Crippen MR) is 102 cm³/mol. The first kappa shape index (κ1) is 17.5. The summed E-state index contributed by atoms with van der Waals surface area (Å²) in [5.74, 6) is -0.317. The smallest absolute Gasteiger partial charge is 0.264 e. The van der Waals surface area contributed by atoms with Crippen molar-refractivity contribution in [1.82, 2.24) is 0 Å². The Balaban J connectivity index is 1.69. The molecule has 1 aliphatic carbocycles. The van der Waals surface area contributed by atoms with Crippen molar-refractivity contribution in [3.63, 3.8) is 0 Å². The van der Waals surface area contributed by atoms with Gasteiger partial charge in [0.05, 0.1) is 17.0 Å². The van der Waals surface area contributed by atoms with Gasteiger partial charge in [-0.3, -0.25) is 13.9 Å². The van der Waals surface area contributed by atoms with Crippen LogP contribution in [0.5, 0.6) is 0 Å². The molecule has 0 unspecified atom stereocenters. The first-order chi connectivity index (χ1) is 12.8. The van der Waals surface area contributed by atoms with Crippen LogP contribution in [0.25, 0.3) is 0 Å². The predicted octanol–water partition coefficient (Wildman–Crippen LogP) is 2.50. The van der Waals surface area contributed by atoms with Crippen LogP contribution in [0.2, 0.25) is 0 Å². The van der Waals surface area contributed by atoms with Gasteiger partial charge in [0.2, 0.25) is 11.8 Å². The molecule has 8 heteroatoms. The minimum atomic E-state index is -3.76. The monoisotopic (exact) mass is 385 g/mol. The molecular weight excluding hydrogens is 366 g/mol. The third-order valence-corrected chi connectivity index (χ3v) is 6.46. The molecule has 1 saturated carbocycles. The van der Waals surface area contributed by atoms with Crippen LogP contribution in [0.15, 0.2) is 47.4 Å². The van der Waals surface area contributed by atoms with Crippen molar-refractivity contribution >= 4 is 38.9 Å². The maximum atomic E-state index is 13.3. The highest BCUT2D eigenvalue weighted by Gasteiger charge is 2.38. The molecule has 0 aromatic heterocycles. The standard InChI is InChI=1S/C19H19N3O4S/c1-12(23)20-14-2-4-15(5-3-14)22(16-6-7-16)27(25,26)17-8-9-18-13(10-17)11-19(24)21-18/h2-5,8-10,16H,6-7,11H2,1H3,(H,20,23)(H,21,24). The van der Waals surface area contributed by atoms with E-state index in [4.69, 9.17) is 0 Å². The second kappa shape index (κ2) is 6.38. The van der Waals surface area contributed by atoms with Gasteiger partial charge in [-0.25, -0.2) is 8.42 Å². The molecule has 1 fully saturated rings. The molecule has 140 valence electrons. The van der Waals surface area contributed by atoms with E-state index in [0.717, 1.165) is 12.8 Å². The summed E-state index contributed by atoms with van der Waals surface area (Å²) in [6, 6.07) is 11.4. The van der Waals surface area contributed by atoms with Crippen LogP contribution >= 0.6 is 0 Å². The van der Waals surface area contributed by atoms with E-state index >= 15 is 0 Å². The van der Waals surface area contributed by atoms with Gasteiger partial charge in [-0.05, 0) is 60.9 Å². The van der Waals surface area contributed by atoms with Gasteiger partial charge in [-0.15, -0.1) is 0 Å². The van der Waals surface area contributed by atoms with Crippen LogP contribution in [0.1, 0.15) is 25.3 Å². The van der Waals surface area contributed by atoms with Crippen molar-refractivity contribution in [2.75, 3.05) is 14.9 Å². The number of nitrogens with zero attached hydrogens (tertiary/aromatic N) is 1. The van der Waals surface area contributed by atoms with Crippen LogP contribution in [0, 0.1) is 0 Å². The molecule has 2 aliphatic rings. The molecule has 2 N–H and O–H groups in total. The number of rotatable bonds is 5. The molecule has 2 amide bonds. The fourth-order valence-electron chi connectivity index (χ4n) is 3.23. The molecule has 7 nitrogen and oxygen atoms in total. The molecule has 4 rings (SSSR count). The van der Waals surface area contributed by atoms with Crippen molar-refractivity contribution in [2.45, 2.75) is 37.1 Å². The minimum absolute atomic E-state index is 0.0744. The van der Waals surface area contributed by atoms with Crippen molar-refractivity contribution < 1.29 is 18.0 Å². The Morgan fingerprint density at radius 2 is 1.85 bits per heavy atom. The van der Waals surface area contributed by atoms with Crippen LogP contribution in [-0.4, -0.2) is 26.3 Å². The minimum Gasteiger partial charge on any atom is -0.326 e. The molecule has 0 radical (unpaired) electrons. The third kappa shape index (κ3) is 3.40. The number of benzene rings is 2. The molecule has 0 saturated heterocycles. The van der Waals surface area contributed by atoms with Gasteiger partial charge < -0.3 is 10.6 Å². The average molecular weight is 385 g/mol. The number of anilines is 3. The number of hydrogen-bond acceptors (Lipinski definition) is 4. The average Bonchev–Trinajstić information content (AvgIpc) is 3.35. The number of carbonyl (C=O) groups is 2. The van der Waals surface area contributed by atoms with Crippen molar-refractivity contribution in [1.29, 1.82) is 0 Å². The lowest BCUT2D eigenvalue weighted by molar-refractivity contribution is -0.115. The van der Waals surface area contributed by atoms with E-state index in [2.05, 4.69) is 10.6 Å². The van der Waals surface area contributed by atoms with Gasteiger partial charge in [0.25, 0.3) is 10.0 Å². The molecule has 27 heavy (non-hydrogen) atoms. The molecule has 0 spiro atoms. The number of amides is 2. The van der Waals surface area contributed by atoms with Gasteiger partial charge in [0.1, 0.15) is 0 Å². The Hall–Kier alpha value is -2.87. The maximum absolute atomic E-state index is 13.3. The van der Waals surface area contributed by atoms with Gasteiger partial charge in [0, 0.05) is 24.3 Å². The lowest BCUT2D eigenvalue weighted by atomic mass is 10.2. The number of hydrogen-bond donors (Lipinski definition) is 2. The van der Waals surface area contributed by atoms with Gasteiger partial charge in [0.15, 0.2) is 0 Å². The summed E-state index contributed by atoms with van der Waals surface area (Å²) in [6.07, 6.45) is 1.79. The Kier molecular flexibility index (Phi) is 4.15. The quantitative estimate of drug-likeness (QED) is 0.827. The molecule has 2 aromatic rings. The Labute approximate surface area is 157 Å². The van der Waals surface area contributed by atoms with Crippen LogP contribution in [-0.2, 0) is 26.0 Å². The van der Waals surface area contributed by atoms with E-state index in [9.17, 15) is 18.0 Å². The van der Waals surface area contributed by atoms with Gasteiger partial charge in [-0.2, -0.15) is 0 Å². The fraction of sp³-hybridized carbons (Fsp3) is 0.263. The summed E-state index contributed by atoms with van der Waals surface area (Å²) in [5.41, 5.74) is 2.53. The first-order valence-corrected chi connectivity index (χ1v) is 10.1. The molecular formula is C19H19N3O4S. The summed E-state index contributed by atoms with van der Waals surface area (Å²) in [6.45, 7) is 1.42. The second-order valence-electron chi connectivity index (χ2n) is 6.80. The fourth-order valence-corrected chi connectivity index (χ4v) is 4.99. The molecule has 1 aliphatic heterocycles. The molecule has 0 atom stereocenters. The SMILES string of the molecule is CC(=O)Nc1ccc(N(C2CC2)S(=O)(=O)c2ccc3c(c2)CC(=O)N3)cc1. The van der Waals surface area contributed by atoms with Gasteiger partial charge in [-0.1, -0.05) is 0 Å². The van der Waals surface area contributed by atoms with Crippen LogP contribution in [0.4, 0.5) is 17.1 Å². The Morgan fingerprint density at radius 3 is 2.48 bits per heavy atom. The van der Waals surface area contributed by atoms with Crippen molar-refractivity contribution in [2.24, 2.45) is 0 Å². The topological polar surface area (TPSA) is 95.6 Å². The summed E-state index contributed by atoms with van der Waals surface area (Å²) in [7, 11) is -3.76. The normalized spacial score (nSPS) is 15.8. The van der Waals surface area contributed by atoms with E-state index in [1.165, 1.54) is 17.3 Å². The Bertz CT molecular complexity index is 1030. The van der Waals surface area contributed by atoms with E-state index in [1.54, 1.807) is 36.4 Å². The largest absolute Gasteiger partial charge is 0.326 e. The summed E-state index contributed by atoms with van der Waals surface area (Å²) in [4.78, 5) is 22.9. The molecule has 1 heterocycles. The number of carbonyl (C=O) groups excluding carboxylic acids is 2. The lowest BCUT2D eigenvalue weighted by Gasteiger charge is -2.25. The summed E-state index contributed by atoms with van der Waals surface area (Å²) in [5, 5.41) is 5.38. The number of nitrogens with one attached hydrogen (secondary N) is 2. The number of sulfonamides is 1. The second-order valence-corrected chi connectivity index (χ2v) is 8.62. The van der Waals surface area contributed by atoms with Crippen molar-refractivity contribution in [3.8, 4) is 0 Å². The third-order valence-electron chi connectivity index (χ3n) is 4.58. The van der Waals surface area contributed by atoms with Crippen LogP contribution < -0.4 is 14.9 Å². The zero-order chi connectivity index (χ0) is 19.2. The highest BCUT2D eigenvalue weighted by atomic mass is 32.2. The summed E-state index contributed by atoms with van der Waals surface area (Å²) >= 11 is 0. The zero-order valence-electron chi connectivity index (χ0n) is 14.7. The van der Waals surface area contributed by atoms with E-state index < -0.39 is 10.0 Å². The maximum Gasteiger partial charge on any atom is 0.264 e. The highest BCUT2D eigenvalue weighted by Crippen LogP contribution is 2.38. The highest BCUT2D eigenvalue weighted by molar-refractivity contribution is 7.92. The first-order valence-electron chi connectivity index (χ1n) is 8.69. The number of fused-ring (bicyclic) bond motifs is 1. The lowest BCUT2D eigenvalue weighted by Crippen LogP contribution is -2.33. The van der Waals surface area contributed by atoms with E-state index in [-0.39, 0.29) is 29.2 Å². The van der Waals surface area contributed by atoms with Crippen molar-refractivity contribution in [3.05, 3.63) is 48.0 Å². The Morgan fingerprint density at radius 1 is 1.15 bits per heavy atom. The van der Waals surface area contributed by atoms with E-state index in [0.29, 0.717) is 22.6 Å². The summed E-state index contributed by atoms with van der Waals surface area (Å²) < 4.78 is 28.1. The zero-order valence-corrected chi connectivity index (χ0v) is 15.5. The molecule has 0 bridgehead atoms.